The molecule has 1 aromatic heterocycles. The van der Waals surface area contributed by atoms with Crippen molar-refractivity contribution in [2.75, 3.05) is 7.11 Å². The number of hydrogen-bond acceptors (Lipinski definition) is 4. The second kappa shape index (κ2) is 4.96. The Kier molecular flexibility index (Phi) is 3.88. The predicted molar refractivity (Wildman–Crippen MR) is 58.4 cm³/mol. The third-order valence-corrected chi connectivity index (χ3v) is 1.78. The highest BCUT2D eigenvalue weighted by Gasteiger charge is 2.09. The van der Waals surface area contributed by atoms with Gasteiger partial charge in [0.05, 0.1) is 19.3 Å². The predicted octanol–water partition coefficient (Wildman–Crippen LogP) is 2.40. The van der Waals surface area contributed by atoms with Crippen molar-refractivity contribution in [3.8, 4) is 11.8 Å². The molecule has 0 unspecified atom stereocenters. The highest BCUT2D eigenvalue weighted by Crippen LogP contribution is 2.20. The third-order valence-electron chi connectivity index (χ3n) is 1.78. The number of aromatic nitrogens is 2. The van der Waals surface area contributed by atoms with Crippen LogP contribution in [0, 0.1) is 0 Å². The Hall–Kier alpha value is -1.32. The summed E-state index contributed by atoms with van der Waals surface area (Å²) < 4.78 is 10.6. The average molecular weight is 210 g/mol. The molecule has 1 aromatic rings. The Bertz CT molecular complexity index is 324. The summed E-state index contributed by atoms with van der Waals surface area (Å²) in [5.74, 6) is 2.12. The lowest BCUT2D eigenvalue weighted by Gasteiger charge is -2.12. The fraction of sp³-hybridized carbons (Fsp3) is 0.636. The molecule has 0 N–H and O–H groups in total. The van der Waals surface area contributed by atoms with E-state index in [0.29, 0.717) is 11.8 Å². The topological polar surface area (TPSA) is 44.2 Å². The van der Waals surface area contributed by atoms with Crippen LogP contribution in [0.4, 0.5) is 0 Å². The molecule has 0 atom stereocenters. The Morgan fingerprint density at radius 3 is 2.13 bits per heavy atom. The Morgan fingerprint density at radius 1 is 1.07 bits per heavy atom. The normalized spacial score (nSPS) is 10.9. The van der Waals surface area contributed by atoms with Crippen molar-refractivity contribution in [3.63, 3.8) is 0 Å². The van der Waals surface area contributed by atoms with Gasteiger partial charge in [0.2, 0.25) is 11.8 Å². The monoisotopic (exact) mass is 210 g/mol. The molecule has 4 heteroatoms. The van der Waals surface area contributed by atoms with E-state index in [-0.39, 0.29) is 12.0 Å². The number of nitrogens with zero attached hydrogens (tertiary/aromatic N) is 2. The van der Waals surface area contributed by atoms with Crippen LogP contribution in [0.15, 0.2) is 6.07 Å². The summed E-state index contributed by atoms with van der Waals surface area (Å²) in [5.41, 5.74) is 0. The van der Waals surface area contributed by atoms with Crippen molar-refractivity contribution < 1.29 is 9.47 Å². The smallest absolute Gasteiger partial charge is 0.220 e. The second-order valence-electron chi connectivity index (χ2n) is 3.93. The number of rotatable bonds is 4. The van der Waals surface area contributed by atoms with Gasteiger partial charge in [-0.05, 0) is 13.8 Å². The van der Waals surface area contributed by atoms with E-state index in [0.717, 1.165) is 5.82 Å². The molecule has 0 aliphatic heterocycles. The largest absolute Gasteiger partial charge is 0.481 e. The van der Waals surface area contributed by atoms with Crippen LogP contribution in [0.2, 0.25) is 0 Å². The van der Waals surface area contributed by atoms with Crippen molar-refractivity contribution in [2.45, 2.75) is 39.7 Å². The lowest BCUT2D eigenvalue weighted by Crippen LogP contribution is -2.09. The van der Waals surface area contributed by atoms with Gasteiger partial charge in [-0.2, -0.15) is 9.97 Å². The summed E-state index contributed by atoms with van der Waals surface area (Å²) in [6.45, 7) is 8.00. The van der Waals surface area contributed by atoms with Crippen LogP contribution in [-0.2, 0) is 0 Å². The number of hydrogen-bond donors (Lipinski definition) is 0. The van der Waals surface area contributed by atoms with Gasteiger partial charge in [-0.1, -0.05) is 13.8 Å². The van der Waals surface area contributed by atoms with E-state index in [4.69, 9.17) is 9.47 Å². The second-order valence-corrected chi connectivity index (χ2v) is 3.93. The van der Waals surface area contributed by atoms with Gasteiger partial charge in [0.1, 0.15) is 5.82 Å². The lowest BCUT2D eigenvalue weighted by atomic mass is 10.2. The summed E-state index contributed by atoms with van der Waals surface area (Å²) in [7, 11) is 1.59. The molecule has 0 amide bonds. The zero-order valence-corrected chi connectivity index (χ0v) is 9.94. The van der Waals surface area contributed by atoms with Crippen LogP contribution in [0.1, 0.15) is 39.4 Å². The van der Waals surface area contributed by atoms with E-state index >= 15 is 0 Å². The molecule has 0 radical (unpaired) electrons. The van der Waals surface area contributed by atoms with Crippen LogP contribution in [-0.4, -0.2) is 23.2 Å². The summed E-state index contributed by atoms with van der Waals surface area (Å²) >= 11 is 0. The Morgan fingerprint density at radius 2 is 1.67 bits per heavy atom. The molecule has 0 saturated heterocycles. The van der Waals surface area contributed by atoms with Crippen LogP contribution >= 0.6 is 0 Å². The first kappa shape index (κ1) is 11.8. The molecule has 15 heavy (non-hydrogen) atoms. The molecular formula is C11H18N2O2. The fourth-order valence-electron chi connectivity index (χ4n) is 1.09. The van der Waals surface area contributed by atoms with Crippen molar-refractivity contribution in [3.05, 3.63) is 11.9 Å². The molecule has 0 bridgehead atoms. The molecule has 0 aliphatic rings. The molecule has 84 valence electrons. The molecule has 4 nitrogen and oxygen atoms in total. The fourth-order valence-corrected chi connectivity index (χ4v) is 1.09. The molecule has 1 rings (SSSR count). The van der Waals surface area contributed by atoms with Gasteiger partial charge in [0.15, 0.2) is 0 Å². The highest BCUT2D eigenvalue weighted by molar-refractivity contribution is 5.22. The van der Waals surface area contributed by atoms with Crippen LogP contribution in [0.5, 0.6) is 11.8 Å². The van der Waals surface area contributed by atoms with Crippen molar-refractivity contribution in [1.29, 1.82) is 0 Å². The molecule has 0 fully saturated rings. The van der Waals surface area contributed by atoms with Gasteiger partial charge in [-0.25, -0.2) is 0 Å². The molecule has 0 aliphatic carbocycles. The third kappa shape index (κ3) is 3.38. The zero-order chi connectivity index (χ0) is 11.4. The molecule has 0 saturated carbocycles. The Balaban J connectivity index is 3.00. The first-order valence-corrected chi connectivity index (χ1v) is 5.12. The van der Waals surface area contributed by atoms with Gasteiger partial charge < -0.3 is 9.47 Å². The van der Waals surface area contributed by atoms with Gasteiger partial charge >= 0.3 is 0 Å². The van der Waals surface area contributed by atoms with Crippen molar-refractivity contribution in [2.24, 2.45) is 0 Å². The minimum absolute atomic E-state index is 0.101. The van der Waals surface area contributed by atoms with Crippen LogP contribution < -0.4 is 9.47 Å². The first-order chi connectivity index (χ1) is 7.02. The molecule has 0 aromatic carbocycles. The number of methoxy groups -OCH3 is 1. The van der Waals surface area contributed by atoms with E-state index in [1.165, 1.54) is 0 Å². The lowest BCUT2D eigenvalue weighted by molar-refractivity contribution is 0.229. The summed E-state index contributed by atoms with van der Waals surface area (Å²) in [6, 6.07) is 1.70. The Labute approximate surface area is 90.7 Å². The molecule has 1 heterocycles. The highest BCUT2D eigenvalue weighted by atomic mass is 16.5. The van der Waals surface area contributed by atoms with Gasteiger partial charge in [-0.3, -0.25) is 0 Å². The molecular weight excluding hydrogens is 192 g/mol. The summed E-state index contributed by atoms with van der Waals surface area (Å²) in [6.07, 6.45) is 0.101. The first-order valence-electron chi connectivity index (χ1n) is 5.12. The maximum absolute atomic E-state index is 5.52. The van der Waals surface area contributed by atoms with E-state index in [1.807, 2.05) is 27.7 Å². The minimum Gasteiger partial charge on any atom is -0.481 e. The van der Waals surface area contributed by atoms with Crippen LogP contribution in [0.25, 0.3) is 0 Å². The van der Waals surface area contributed by atoms with E-state index in [2.05, 4.69) is 9.97 Å². The molecule has 0 spiro atoms. The number of ether oxygens (including phenoxy) is 2. The van der Waals surface area contributed by atoms with Crippen molar-refractivity contribution >= 4 is 0 Å². The van der Waals surface area contributed by atoms with Gasteiger partial charge in [0, 0.05) is 5.92 Å². The summed E-state index contributed by atoms with van der Waals surface area (Å²) in [5, 5.41) is 0. The quantitative estimate of drug-likeness (QED) is 0.765. The standard InChI is InChI=1S/C11H18N2O2/c1-7(2)11-12-9(14-5)6-10(13-11)15-8(3)4/h6-8H,1-5H3. The van der Waals surface area contributed by atoms with Crippen LogP contribution in [0.3, 0.4) is 0 Å². The average Bonchev–Trinajstić information content (AvgIpc) is 2.16. The van der Waals surface area contributed by atoms with E-state index in [9.17, 15) is 0 Å². The zero-order valence-electron chi connectivity index (χ0n) is 9.94. The van der Waals surface area contributed by atoms with Gasteiger partial charge in [-0.15, -0.1) is 0 Å². The maximum Gasteiger partial charge on any atom is 0.220 e. The van der Waals surface area contributed by atoms with E-state index in [1.54, 1.807) is 13.2 Å². The minimum atomic E-state index is 0.101. The maximum atomic E-state index is 5.52. The van der Waals surface area contributed by atoms with Crippen molar-refractivity contribution in [1.82, 2.24) is 9.97 Å². The van der Waals surface area contributed by atoms with Gasteiger partial charge in [0.25, 0.3) is 0 Å². The van der Waals surface area contributed by atoms with E-state index < -0.39 is 0 Å². The summed E-state index contributed by atoms with van der Waals surface area (Å²) in [4.78, 5) is 8.55. The SMILES string of the molecule is COc1cc(OC(C)C)nc(C(C)C)n1.